The Balaban J connectivity index is 1.62. The molecule has 0 bridgehead atoms. The summed E-state index contributed by atoms with van der Waals surface area (Å²) in [5.41, 5.74) is 4.78. The second-order valence-electron chi connectivity index (χ2n) is 9.25. The van der Waals surface area contributed by atoms with E-state index in [1.165, 1.54) is 18.3 Å². The second kappa shape index (κ2) is 7.84. The van der Waals surface area contributed by atoms with Crippen LogP contribution in [0.4, 0.5) is 0 Å². The van der Waals surface area contributed by atoms with Gasteiger partial charge in [-0.15, -0.1) is 0 Å². The number of hydrogen-bond acceptors (Lipinski definition) is 3. The summed E-state index contributed by atoms with van der Waals surface area (Å²) in [6, 6.07) is 17.1. The van der Waals surface area contributed by atoms with Crippen LogP contribution in [0.2, 0.25) is 0 Å². The molecular weight excluding hydrogens is 386 g/mol. The monoisotopic (exact) mass is 415 g/mol. The van der Waals surface area contributed by atoms with E-state index in [1.807, 2.05) is 59.5 Å². The van der Waals surface area contributed by atoms with Crippen LogP contribution < -0.4 is 0 Å². The van der Waals surface area contributed by atoms with Gasteiger partial charge in [0, 0.05) is 29.5 Å². The molecule has 2 aromatic carbocycles. The number of fused-ring (bicyclic) bond motifs is 1. The van der Waals surface area contributed by atoms with E-state index in [0.29, 0.717) is 18.7 Å². The summed E-state index contributed by atoms with van der Waals surface area (Å²) in [5, 5.41) is 0. The molecule has 2 aromatic rings. The standard InChI is InChI=1S/C27H29NO3/c1-26(2)22(19-10-12-21(13-11-19)25(30)31-4)14-16-27(3)18-28(17-15-23(26)27)24(29)20-8-6-5-7-9-20/h5-15H,16-18H2,1-4H3/t27-/m1/s1. The molecule has 1 atom stereocenters. The molecule has 0 unspecified atom stereocenters. The number of amides is 1. The van der Waals surface area contributed by atoms with Crippen LogP contribution >= 0.6 is 0 Å². The molecule has 2 aliphatic rings. The molecule has 0 spiro atoms. The average molecular weight is 416 g/mol. The van der Waals surface area contributed by atoms with Crippen molar-refractivity contribution < 1.29 is 14.3 Å². The molecule has 160 valence electrons. The van der Waals surface area contributed by atoms with Crippen molar-refractivity contribution in [3.05, 3.63) is 89.0 Å². The van der Waals surface area contributed by atoms with Crippen molar-refractivity contribution in [3.8, 4) is 0 Å². The van der Waals surface area contributed by atoms with E-state index in [2.05, 4.69) is 32.9 Å². The minimum Gasteiger partial charge on any atom is -0.465 e. The molecule has 4 heteroatoms. The Kier molecular flexibility index (Phi) is 5.34. The fourth-order valence-corrected chi connectivity index (χ4v) is 5.23. The van der Waals surface area contributed by atoms with Gasteiger partial charge in [0.2, 0.25) is 0 Å². The van der Waals surface area contributed by atoms with Crippen LogP contribution in [0, 0.1) is 10.8 Å². The van der Waals surface area contributed by atoms with Gasteiger partial charge in [0.05, 0.1) is 12.7 Å². The van der Waals surface area contributed by atoms with Gasteiger partial charge >= 0.3 is 5.97 Å². The third kappa shape index (κ3) is 3.71. The minimum atomic E-state index is -0.325. The maximum absolute atomic E-state index is 13.0. The zero-order chi connectivity index (χ0) is 22.2. The van der Waals surface area contributed by atoms with Crippen molar-refractivity contribution >= 4 is 17.4 Å². The number of nitrogens with zero attached hydrogens (tertiary/aromatic N) is 1. The highest BCUT2D eigenvalue weighted by Gasteiger charge is 2.46. The molecule has 1 heterocycles. The SMILES string of the molecule is COC(=O)c1ccc(C2=CC[C@]3(C)CN(C(=O)c4ccccc4)CC=C3C2(C)C)cc1. The van der Waals surface area contributed by atoms with Gasteiger partial charge in [0.1, 0.15) is 0 Å². The van der Waals surface area contributed by atoms with Gasteiger partial charge in [0.15, 0.2) is 0 Å². The lowest BCUT2D eigenvalue weighted by Crippen LogP contribution is -2.48. The van der Waals surface area contributed by atoms with Crippen LogP contribution in [0.25, 0.3) is 5.57 Å². The number of carbonyl (C=O) groups excluding carboxylic acids is 2. The largest absolute Gasteiger partial charge is 0.465 e. The lowest BCUT2D eigenvalue weighted by molar-refractivity contribution is 0.0600. The molecule has 1 amide bonds. The molecule has 0 saturated heterocycles. The first-order chi connectivity index (χ1) is 14.8. The van der Waals surface area contributed by atoms with E-state index in [-0.39, 0.29) is 22.7 Å². The first-order valence-electron chi connectivity index (χ1n) is 10.7. The van der Waals surface area contributed by atoms with Crippen molar-refractivity contribution in [1.29, 1.82) is 0 Å². The number of hydrogen-bond donors (Lipinski definition) is 0. The summed E-state index contributed by atoms with van der Waals surface area (Å²) in [5.74, 6) is -0.239. The minimum absolute atomic E-state index is 0.0862. The molecule has 4 rings (SSSR count). The van der Waals surface area contributed by atoms with Crippen molar-refractivity contribution in [2.75, 3.05) is 20.2 Å². The Morgan fingerprint density at radius 2 is 1.58 bits per heavy atom. The van der Waals surface area contributed by atoms with Gasteiger partial charge in [-0.1, -0.05) is 68.8 Å². The van der Waals surface area contributed by atoms with Gasteiger partial charge in [-0.2, -0.15) is 0 Å². The summed E-state index contributed by atoms with van der Waals surface area (Å²) in [7, 11) is 1.39. The first-order valence-corrected chi connectivity index (χ1v) is 10.7. The topological polar surface area (TPSA) is 46.6 Å². The lowest BCUT2D eigenvalue weighted by Gasteiger charge is -2.50. The molecule has 0 saturated carbocycles. The molecule has 0 aromatic heterocycles. The van der Waals surface area contributed by atoms with Crippen LogP contribution in [-0.2, 0) is 4.74 Å². The maximum Gasteiger partial charge on any atom is 0.337 e. The highest BCUT2D eigenvalue weighted by Crippen LogP contribution is 2.55. The highest BCUT2D eigenvalue weighted by molar-refractivity contribution is 5.94. The Morgan fingerprint density at radius 1 is 0.903 bits per heavy atom. The van der Waals surface area contributed by atoms with E-state index in [0.717, 1.165) is 17.5 Å². The van der Waals surface area contributed by atoms with Gasteiger partial charge in [-0.3, -0.25) is 4.79 Å². The summed E-state index contributed by atoms with van der Waals surface area (Å²) in [6.45, 7) is 8.10. The zero-order valence-corrected chi connectivity index (χ0v) is 18.6. The van der Waals surface area contributed by atoms with Gasteiger partial charge in [-0.25, -0.2) is 4.79 Å². The van der Waals surface area contributed by atoms with E-state index in [9.17, 15) is 9.59 Å². The van der Waals surface area contributed by atoms with Crippen molar-refractivity contribution in [1.82, 2.24) is 4.90 Å². The average Bonchev–Trinajstić information content (AvgIpc) is 2.78. The smallest absolute Gasteiger partial charge is 0.337 e. The van der Waals surface area contributed by atoms with E-state index in [4.69, 9.17) is 4.74 Å². The molecule has 0 fully saturated rings. The van der Waals surface area contributed by atoms with Crippen LogP contribution in [0.15, 0.2) is 72.3 Å². The molecule has 31 heavy (non-hydrogen) atoms. The Morgan fingerprint density at radius 3 is 2.23 bits per heavy atom. The van der Waals surface area contributed by atoms with Crippen molar-refractivity contribution in [3.63, 3.8) is 0 Å². The molecule has 4 nitrogen and oxygen atoms in total. The highest BCUT2D eigenvalue weighted by atomic mass is 16.5. The predicted molar refractivity (Wildman–Crippen MR) is 123 cm³/mol. The van der Waals surface area contributed by atoms with E-state index >= 15 is 0 Å². The summed E-state index contributed by atoms with van der Waals surface area (Å²) >= 11 is 0. The fourth-order valence-electron chi connectivity index (χ4n) is 5.23. The Hall–Kier alpha value is -3.14. The molecule has 1 aliphatic carbocycles. The third-order valence-electron chi connectivity index (χ3n) is 6.73. The van der Waals surface area contributed by atoms with Crippen LogP contribution in [0.3, 0.4) is 0 Å². The molecular formula is C27H29NO3. The fraction of sp³-hybridized carbons (Fsp3) is 0.333. The predicted octanol–water partition coefficient (Wildman–Crippen LogP) is 5.38. The second-order valence-corrected chi connectivity index (χ2v) is 9.25. The van der Waals surface area contributed by atoms with Crippen LogP contribution in [0.5, 0.6) is 0 Å². The number of carbonyl (C=O) groups is 2. The number of methoxy groups -OCH3 is 1. The lowest BCUT2D eigenvalue weighted by atomic mass is 9.58. The third-order valence-corrected chi connectivity index (χ3v) is 6.73. The van der Waals surface area contributed by atoms with Crippen LogP contribution in [0.1, 0.15) is 53.5 Å². The Labute approximate surface area is 184 Å². The van der Waals surface area contributed by atoms with Crippen molar-refractivity contribution in [2.45, 2.75) is 27.2 Å². The maximum atomic E-state index is 13.0. The molecule has 0 radical (unpaired) electrons. The van der Waals surface area contributed by atoms with E-state index in [1.54, 1.807) is 0 Å². The van der Waals surface area contributed by atoms with Crippen molar-refractivity contribution in [2.24, 2.45) is 10.8 Å². The Bertz CT molecular complexity index is 1060. The number of allylic oxidation sites excluding steroid dienone is 2. The van der Waals surface area contributed by atoms with Crippen LogP contribution in [-0.4, -0.2) is 37.0 Å². The summed E-state index contributed by atoms with van der Waals surface area (Å²) in [6.07, 6.45) is 5.43. The number of benzene rings is 2. The molecule has 0 N–H and O–H groups in total. The van der Waals surface area contributed by atoms with E-state index < -0.39 is 0 Å². The number of esters is 1. The molecule has 1 aliphatic heterocycles. The van der Waals surface area contributed by atoms with Gasteiger partial charge in [-0.05, 0) is 41.8 Å². The zero-order valence-electron chi connectivity index (χ0n) is 18.6. The number of rotatable bonds is 3. The van der Waals surface area contributed by atoms with Gasteiger partial charge in [0.25, 0.3) is 5.91 Å². The quantitative estimate of drug-likeness (QED) is 0.500. The first kappa shape index (κ1) is 21.1. The summed E-state index contributed by atoms with van der Waals surface area (Å²) < 4.78 is 4.81. The normalized spacial score (nSPS) is 22.1. The number of ether oxygens (including phenoxy) is 1. The van der Waals surface area contributed by atoms with Gasteiger partial charge < -0.3 is 9.64 Å². The summed E-state index contributed by atoms with van der Waals surface area (Å²) in [4.78, 5) is 26.7.